The zero-order chi connectivity index (χ0) is 15.1. The minimum Gasteiger partial charge on any atom is -0.496 e. The van der Waals surface area contributed by atoms with E-state index in [4.69, 9.17) is 4.74 Å². The predicted molar refractivity (Wildman–Crippen MR) is 80.7 cm³/mol. The maximum atomic E-state index is 12.0. The molecule has 0 saturated carbocycles. The highest BCUT2D eigenvalue weighted by Crippen LogP contribution is 2.16. The number of nitrogens with one attached hydrogen (secondary N) is 2. The molecule has 6 nitrogen and oxygen atoms in total. The quantitative estimate of drug-likeness (QED) is 0.854. The van der Waals surface area contributed by atoms with Crippen LogP contribution in [0, 0.1) is 0 Å². The Morgan fingerprint density at radius 3 is 2.86 bits per heavy atom. The van der Waals surface area contributed by atoms with E-state index in [-0.39, 0.29) is 24.8 Å². The molecule has 7 heteroatoms. The first kappa shape index (κ1) is 15.0. The van der Waals surface area contributed by atoms with Crippen LogP contribution in [0.2, 0.25) is 0 Å². The second kappa shape index (κ2) is 7.39. The van der Waals surface area contributed by atoms with Crippen LogP contribution < -0.4 is 15.4 Å². The summed E-state index contributed by atoms with van der Waals surface area (Å²) >= 11 is 1.35. The number of hydrogen-bond donors (Lipinski definition) is 2. The standard InChI is InChI=1S/C14H15N3O3S/c1-20-11-5-3-2-4-10(11)13(19)15-7-6-12(18)17-14-16-8-9-21-14/h2-5,8-9H,6-7H2,1H3,(H,15,19)(H,16,17,18). The van der Waals surface area contributed by atoms with E-state index in [0.29, 0.717) is 16.4 Å². The highest BCUT2D eigenvalue weighted by molar-refractivity contribution is 7.13. The number of aromatic nitrogens is 1. The van der Waals surface area contributed by atoms with Crippen molar-refractivity contribution in [2.75, 3.05) is 19.0 Å². The summed E-state index contributed by atoms with van der Waals surface area (Å²) in [6, 6.07) is 6.93. The van der Waals surface area contributed by atoms with E-state index in [0.717, 1.165) is 0 Å². The van der Waals surface area contributed by atoms with E-state index < -0.39 is 0 Å². The van der Waals surface area contributed by atoms with Crippen LogP contribution in [0.4, 0.5) is 5.13 Å². The number of benzene rings is 1. The molecule has 1 aromatic heterocycles. The average Bonchev–Trinajstić information content (AvgIpc) is 2.99. The fourth-order valence-electron chi connectivity index (χ4n) is 1.68. The molecule has 0 unspecified atom stereocenters. The highest BCUT2D eigenvalue weighted by Gasteiger charge is 2.11. The van der Waals surface area contributed by atoms with Crippen LogP contribution >= 0.6 is 11.3 Å². The third kappa shape index (κ3) is 4.28. The van der Waals surface area contributed by atoms with E-state index in [2.05, 4.69) is 15.6 Å². The SMILES string of the molecule is COc1ccccc1C(=O)NCCC(=O)Nc1nccs1. The largest absolute Gasteiger partial charge is 0.496 e. The molecular weight excluding hydrogens is 290 g/mol. The third-order valence-electron chi connectivity index (χ3n) is 2.67. The van der Waals surface area contributed by atoms with Crippen LogP contribution in [0.3, 0.4) is 0 Å². The number of thiazole rings is 1. The lowest BCUT2D eigenvalue weighted by molar-refractivity contribution is -0.116. The minimum atomic E-state index is -0.269. The molecule has 0 aliphatic carbocycles. The van der Waals surface area contributed by atoms with Crippen LogP contribution in [-0.2, 0) is 4.79 Å². The van der Waals surface area contributed by atoms with Gasteiger partial charge in [-0.15, -0.1) is 11.3 Å². The summed E-state index contributed by atoms with van der Waals surface area (Å²) in [6.07, 6.45) is 1.80. The number of para-hydroxylation sites is 1. The van der Waals surface area contributed by atoms with E-state index in [1.807, 2.05) is 0 Å². The number of carbonyl (C=O) groups excluding carboxylic acids is 2. The maximum Gasteiger partial charge on any atom is 0.255 e. The predicted octanol–water partition coefficient (Wildman–Crippen LogP) is 1.91. The van der Waals surface area contributed by atoms with Crippen molar-refractivity contribution in [2.45, 2.75) is 6.42 Å². The first-order valence-electron chi connectivity index (χ1n) is 6.31. The van der Waals surface area contributed by atoms with Gasteiger partial charge in [-0.25, -0.2) is 4.98 Å². The summed E-state index contributed by atoms with van der Waals surface area (Å²) in [7, 11) is 1.51. The first-order chi connectivity index (χ1) is 10.2. The van der Waals surface area contributed by atoms with Gasteiger partial charge in [0.25, 0.3) is 5.91 Å². The van der Waals surface area contributed by atoms with Crippen molar-refractivity contribution >= 4 is 28.3 Å². The number of rotatable bonds is 6. The Labute approximate surface area is 126 Å². The lowest BCUT2D eigenvalue weighted by atomic mass is 10.2. The number of amides is 2. The molecule has 0 spiro atoms. The van der Waals surface area contributed by atoms with Gasteiger partial charge in [-0.2, -0.15) is 0 Å². The van der Waals surface area contributed by atoms with Gasteiger partial charge in [0.15, 0.2) is 5.13 Å². The minimum absolute atomic E-state index is 0.181. The Bertz CT molecular complexity index is 614. The van der Waals surface area contributed by atoms with Gasteiger partial charge in [0.2, 0.25) is 5.91 Å². The Kier molecular flexibility index (Phi) is 5.28. The Balaban J connectivity index is 1.80. The summed E-state index contributed by atoms with van der Waals surface area (Å²) in [4.78, 5) is 27.6. The number of methoxy groups -OCH3 is 1. The summed E-state index contributed by atoms with van der Waals surface area (Å²) in [5, 5.41) is 7.67. The van der Waals surface area contributed by atoms with Crippen LogP contribution in [0.5, 0.6) is 5.75 Å². The molecule has 2 rings (SSSR count). The lowest BCUT2D eigenvalue weighted by Crippen LogP contribution is -2.28. The molecule has 0 fully saturated rings. The smallest absolute Gasteiger partial charge is 0.255 e. The molecule has 0 radical (unpaired) electrons. The lowest BCUT2D eigenvalue weighted by Gasteiger charge is -2.08. The average molecular weight is 305 g/mol. The fraction of sp³-hybridized carbons (Fsp3) is 0.214. The van der Waals surface area contributed by atoms with Crippen LogP contribution in [-0.4, -0.2) is 30.5 Å². The molecule has 0 atom stereocenters. The second-order valence-electron chi connectivity index (χ2n) is 4.09. The van der Waals surface area contributed by atoms with Gasteiger partial charge in [0.1, 0.15) is 5.75 Å². The van der Waals surface area contributed by atoms with Crippen molar-refractivity contribution in [1.29, 1.82) is 0 Å². The van der Waals surface area contributed by atoms with Crippen molar-refractivity contribution < 1.29 is 14.3 Å². The fourth-order valence-corrected chi connectivity index (χ4v) is 2.23. The molecular formula is C14H15N3O3S. The first-order valence-corrected chi connectivity index (χ1v) is 7.19. The molecule has 21 heavy (non-hydrogen) atoms. The summed E-state index contributed by atoms with van der Waals surface area (Å²) in [6.45, 7) is 0.244. The van der Waals surface area contributed by atoms with Crippen molar-refractivity contribution in [1.82, 2.24) is 10.3 Å². The van der Waals surface area contributed by atoms with Crippen molar-refractivity contribution in [2.24, 2.45) is 0 Å². The van der Waals surface area contributed by atoms with Crippen LogP contribution in [0.25, 0.3) is 0 Å². The maximum absolute atomic E-state index is 12.0. The topological polar surface area (TPSA) is 80.3 Å². The molecule has 2 aromatic rings. The van der Waals surface area contributed by atoms with Crippen LogP contribution in [0.15, 0.2) is 35.8 Å². The zero-order valence-corrected chi connectivity index (χ0v) is 12.3. The molecule has 0 aliphatic rings. The number of ether oxygens (including phenoxy) is 1. The summed E-state index contributed by atoms with van der Waals surface area (Å²) in [5.74, 6) is 0.0435. The summed E-state index contributed by atoms with van der Waals surface area (Å²) in [5.41, 5.74) is 0.445. The number of hydrogen-bond acceptors (Lipinski definition) is 5. The van der Waals surface area contributed by atoms with Gasteiger partial charge in [-0.1, -0.05) is 12.1 Å². The molecule has 110 valence electrons. The van der Waals surface area contributed by atoms with E-state index in [1.165, 1.54) is 18.4 Å². The van der Waals surface area contributed by atoms with Gasteiger partial charge >= 0.3 is 0 Å². The second-order valence-corrected chi connectivity index (χ2v) is 4.99. The van der Waals surface area contributed by atoms with Crippen molar-refractivity contribution in [3.05, 3.63) is 41.4 Å². The normalized spacial score (nSPS) is 9.95. The third-order valence-corrected chi connectivity index (χ3v) is 3.36. The van der Waals surface area contributed by atoms with E-state index >= 15 is 0 Å². The molecule has 0 saturated heterocycles. The Morgan fingerprint density at radius 2 is 2.14 bits per heavy atom. The van der Waals surface area contributed by atoms with E-state index in [9.17, 15) is 9.59 Å². The van der Waals surface area contributed by atoms with Gasteiger partial charge in [0, 0.05) is 24.5 Å². The zero-order valence-electron chi connectivity index (χ0n) is 11.5. The molecule has 2 amide bonds. The molecule has 1 heterocycles. The number of carbonyl (C=O) groups is 2. The van der Waals surface area contributed by atoms with Gasteiger partial charge < -0.3 is 15.4 Å². The van der Waals surface area contributed by atoms with Gasteiger partial charge in [-0.3, -0.25) is 9.59 Å². The van der Waals surface area contributed by atoms with E-state index in [1.54, 1.807) is 35.8 Å². The molecule has 0 bridgehead atoms. The Morgan fingerprint density at radius 1 is 1.33 bits per heavy atom. The number of anilines is 1. The molecule has 0 aliphatic heterocycles. The van der Waals surface area contributed by atoms with Gasteiger partial charge in [0.05, 0.1) is 12.7 Å². The molecule has 1 aromatic carbocycles. The van der Waals surface area contributed by atoms with Gasteiger partial charge in [-0.05, 0) is 12.1 Å². The van der Waals surface area contributed by atoms with Crippen molar-refractivity contribution in [3.8, 4) is 5.75 Å². The van der Waals surface area contributed by atoms with Crippen molar-refractivity contribution in [3.63, 3.8) is 0 Å². The number of nitrogens with zero attached hydrogens (tertiary/aromatic N) is 1. The molecule has 2 N–H and O–H groups in total. The monoisotopic (exact) mass is 305 g/mol. The summed E-state index contributed by atoms with van der Waals surface area (Å²) < 4.78 is 5.12. The highest BCUT2D eigenvalue weighted by atomic mass is 32.1. The Hall–Kier alpha value is -2.41. The van der Waals surface area contributed by atoms with Crippen LogP contribution in [0.1, 0.15) is 16.8 Å².